The minimum absolute atomic E-state index is 0.118. The molecule has 1 fully saturated rings. The Balaban J connectivity index is 1.96. The van der Waals surface area contributed by atoms with E-state index in [4.69, 9.17) is 9.47 Å². The highest BCUT2D eigenvalue weighted by Gasteiger charge is 2.37. The van der Waals surface area contributed by atoms with Crippen LogP contribution >= 0.6 is 0 Å². The summed E-state index contributed by atoms with van der Waals surface area (Å²) in [4.78, 5) is 4.81. The fourth-order valence-electron chi connectivity index (χ4n) is 3.20. The van der Waals surface area contributed by atoms with Crippen LogP contribution in [0.3, 0.4) is 0 Å². The van der Waals surface area contributed by atoms with Crippen LogP contribution in [0.1, 0.15) is 19.3 Å². The van der Waals surface area contributed by atoms with Gasteiger partial charge in [0.2, 0.25) is 0 Å². The van der Waals surface area contributed by atoms with Crippen molar-refractivity contribution >= 4 is 0 Å². The molecule has 1 heterocycles. The molecule has 0 aromatic heterocycles. The minimum atomic E-state index is 0.118. The summed E-state index contributed by atoms with van der Waals surface area (Å²) in [6, 6.07) is 0. The molecule has 2 aliphatic rings. The Kier molecular flexibility index (Phi) is 5.11. The number of ether oxygens (including phenoxy) is 2. The summed E-state index contributed by atoms with van der Waals surface area (Å²) in [5, 5.41) is 0. The molecule has 4 nitrogen and oxygen atoms in total. The van der Waals surface area contributed by atoms with Crippen LogP contribution in [0.2, 0.25) is 0 Å². The predicted octanol–water partition coefficient (Wildman–Crippen LogP) is 2.09. The van der Waals surface area contributed by atoms with Crippen molar-refractivity contribution in [3.8, 4) is 0 Å². The van der Waals surface area contributed by atoms with Crippen LogP contribution in [-0.2, 0) is 9.47 Å². The van der Waals surface area contributed by atoms with Crippen molar-refractivity contribution in [3.05, 3.63) is 23.7 Å². The number of hydrogen-bond donors (Lipinski definition) is 0. The molecule has 0 aromatic rings. The molecule has 0 saturated carbocycles. The summed E-state index contributed by atoms with van der Waals surface area (Å²) < 4.78 is 10.9. The van der Waals surface area contributed by atoms with Gasteiger partial charge in [-0.15, -0.1) is 0 Å². The third-order valence-electron chi connectivity index (χ3n) is 4.26. The lowest BCUT2D eigenvalue weighted by Crippen LogP contribution is -2.29. The summed E-state index contributed by atoms with van der Waals surface area (Å²) in [5.74, 6) is 2.08. The van der Waals surface area contributed by atoms with Crippen LogP contribution in [0, 0.1) is 5.41 Å². The van der Waals surface area contributed by atoms with Crippen molar-refractivity contribution in [1.29, 1.82) is 0 Å². The van der Waals surface area contributed by atoms with Crippen LogP contribution in [-0.4, -0.2) is 64.3 Å². The fraction of sp³-hybridized carbons (Fsp3) is 0.750. The molecule has 2 rings (SSSR count). The Labute approximate surface area is 123 Å². The van der Waals surface area contributed by atoms with Gasteiger partial charge in [-0.3, -0.25) is 0 Å². The summed E-state index contributed by atoms with van der Waals surface area (Å²) >= 11 is 0. The molecule has 0 atom stereocenters. The maximum Gasteiger partial charge on any atom is 0.1000 e. The second-order valence-electron chi connectivity index (χ2n) is 6.22. The van der Waals surface area contributed by atoms with E-state index in [0.717, 1.165) is 44.0 Å². The minimum Gasteiger partial charge on any atom is -0.501 e. The van der Waals surface area contributed by atoms with Crippen LogP contribution in [0.25, 0.3) is 0 Å². The average Bonchev–Trinajstić information content (AvgIpc) is 2.80. The van der Waals surface area contributed by atoms with Crippen LogP contribution in [0.5, 0.6) is 0 Å². The Bertz CT molecular complexity index is 368. The van der Waals surface area contributed by atoms with Crippen molar-refractivity contribution in [3.63, 3.8) is 0 Å². The van der Waals surface area contributed by atoms with Crippen LogP contribution in [0.15, 0.2) is 23.7 Å². The van der Waals surface area contributed by atoms with Gasteiger partial charge in [0.05, 0.1) is 32.2 Å². The molecular weight excluding hydrogens is 252 g/mol. The third kappa shape index (κ3) is 3.76. The highest BCUT2D eigenvalue weighted by atomic mass is 16.5. The molecule has 0 N–H and O–H groups in total. The van der Waals surface area contributed by atoms with Gasteiger partial charge in [-0.05, 0) is 58.7 Å². The fourth-order valence-corrected chi connectivity index (χ4v) is 3.20. The summed E-state index contributed by atoms with van der Waals surface area (Å²) in [6.45, 7) is 4.57. The van der Waals surface area contributed by atoms with Gasteiger partial charge in [0.15, 0.2) is 0 Å². The van der Waals surface area contributed by atoms with E-state index in [1.807, 2.05) is 0 Å². The number of rotatable bonds is 6. The van der Waals surface area contributed by atoms with Crippen molar-refractivity contribution in [1.82, 2.24) is 9.80 Å². The topological polar surface area (TPSA) is 24.9 Å². The van der Waals surface area contributed by atoms with E-state index in [2.05, 4.69) is 36.0 Å². The highest BCUT2D eigenvalue weighted by molar-refractivity contribution is 5.27. The van der Waals surface area contributed by atoms with Gasteiger partial charge in [0.25, 0.3) is 0 Å². The second kappa shape index (κ2) is 6.64. The predicted molar refractivity (Wildman–Crippen MR) is 81.5 cm³/mol. The molecule has 1 aliphatic heterocycles. The maximum atomic E-state index is 5.47. The van der Waals surface area contributed by atoms with E-state index in [1.54, 1.807) is 14.2 Å². The molecule has 0 aromatic carbocycles. The smallest absolute Gasteiger partial charge is 0.1000 e. The molecule has 0 amide bonds. The standard InChI is InChI=1S/C16H28N2O2/c1-17(2)7-5-8-18-9-6-16(13-18)11-14(19-3)10-15(12-16)20-4/h11-12H,5-10,13H2,1-4H3. The average molecular weight is 280 g/mol. The summed E-state index contributed by atoms with van der Waals surface area (Å²) in [5.41, 5.74) is 0.118. The molecule has 1 spiro atoms. The number of nitrogens with zero attached hydrogens (tertiary/aromatic N) is 2. The number of hydrogen-bond acceptors (Lipinski definition) is 4. The summed E-state index contributed by atoms with van der Waals surface area (Å²) in [6.07, 6.45) is 7.79. The number of likely N-dealkylation sites (tertiary alicyclic amines) is 1. The maximum absolute atomic E-state index is 5.47. The molecule has 4 heteroatoms. The van der Waals surface area contributed by atoms with Gasteiger partial charge in [0.1, 0.15) is 0 Å². The van der Waals surface area contributed by atoms with Crippen LogP contribution in [0.4, 0.5) is 0 Å². The van der Waals surface area contributed by atoms with E-state index in [1.165, 1.54) is 13.0 Å². The molecule has 1 aliphatic carbocycles. The number of methoxy groups -OCH3 is 2. The monoisotopic (exact) mass is 280 g/mol. The molecule has 1 saturated heterocycles. The van der Waals surface area contributed by atoms with E-state index >= 15 is 0 Å². The lowest BCUT2D eigenvalue weighted by molar-refractivity contribution is 0.216. The molecule has 0 unspecified atom stereocenters. The Morgan fingerprint density at radius 2 is 1.85 bits per heavy atom. The first-order valence-corrected chi connectivity index (χ1v) is 7.45. The van der Waals surface area contributed by atoms with Gasteiger partial charge >= 0.3 is 0 Å². The second-order valence-corrected chi connectivity index (χ2v) is 6.22. The molecular formula is C16H28N2O2. The van der Waals surface area contributed by atoms with Gasteiger partial charge in [0, 0.05) is 12.0 Å². The zero-order valence-electron chi connectivity index (χ0n) is 13.3. The van der Waals surface area contributed by atoms with E-state index in [-0.39, 0.29) is 5.41 Å². The first-order valence-electron chi connectivity index (χ1n) is 7.45. The highest BCUT2D eigenvalue weighted by Crippen LogP contribution is 2.40. The van der Waals surface area contributed by atoms with Gasteiger partial charge < -0.3 is 19.3 Å². The lowest BCUT2D eigenvalue weighted by atomic mass is 9.82. The normalized spacial score (nSPS) is 22.1. The molecule has 114 valence electrons. The quantitative estimate of drug-likeness (QED) is 0.744. The Morgan fingerprint density at radius 1 is 1.20 bits per heavy atom. The lowest BCUT2D eigenvalue weighted by Gasteiger charge is -2.28. The van der Waals surface area contributed by atoms with Crippen molar-refractivity contribution in [2.75, 3.05) is 54.5 Å². The zero-order valence-corrected chi connectivity index (χ0v) is 13.3. The summed E-state index contributed by atoms with van der Waals surface area (Å²) in [7, 11) is 7.77. The van der Waals surface area contributed by atoms with Crippen molar-refractivity contribution < 1.29 is 9.47 Å². The largest absolute Gasteiger partial charge is 0.501 e. The Hall–Kier alpha value is -1.00. The SMILES string of the molecule is COC1=CC2(C=C(OC)C1)CCN(CCCN(C)C)C2. The first kappa shape index (κ1) is 15.4. The molecule has 0 bridgehead atoms. The van der Waals surface area contributed by atoms with Crippen LogP contribution < -0.4 is 0 Å². The van der Waals surface area contributed by atoms with Gasteiger partial charge in [-0.25, -0.2) is 0 Å². The third-order valence-corrected chi connectivity index (χ3v) is 4.26. The first-order chi connectivity index (χ1) is 9.57. The van der Waals surface area contributed by atoms with Gasteiger partial charge in [-0.1, -0.05) is 0 Å². The zero-order chi connectivity index (χ0) is 14.6. The Morgan fingerprint density at radius 3 is 2.40 bits per heavy atom. The van der Waals surface area contributed by atoms with Crippen molar-refractivity contribution in [2.45, 2.75) is 19.3 Å². The molecule has 0 radical (unpaired) electrons. The van der Waals surface area contributed by atoms with E-state index < -0.39 is 0 Å². The van der Waals surface area contributed by atoms with E-state index in [9.17, 15) is 0 Å². The molecule has 20 heavy (non-hydrogen) atoms. The van der Waals surface area contributed by atoms with Gasteiger partial charge in [-0.2, -0.15) is 0 Å². The van der Waals surface area contributed by atoms with E-state index in [0.29, 0.717) is 0 Å². The van der Waals surface area contributed by atoms with Crippen molar-refractivity contribution in [2.24, 2.45) is 5.41 Å².